The number of benzene rings is 1. The Hall–Kier alpha value is -2.41. The molecule has 0 aliphatic rings. The number of nitrogens with one attached hydrogen (secondary N) is 2. The normalized spacial score (nSPS) is 11.0. The highest BCUT2D eigenvalue weighted by Crippen LogP contribution is 2.30. The molecule has 7 heteroatoms. The molecule has 0 atom stereocenters. The number of amides is 1. The van der Waals surface area contributed by atoms with Crippen LogP contribution in [-0.4, -0.2) is 27.2 Å². The first-order valence-corrected chi connectivity index (χ1v) is 9.44. The van der Waals surface area contributed by atoms with E-state index in [9.17, 15) is 9.59 Å². The maximum Gasteiger partial charge on any atom is 0.274 e. The van der Waals surface area contributed by atoms with Crippen molar-refractivity contribution in [3.05, 3.63) is 51.0 Å². The fourth-order valence-electron chi connectivity index (χ4n) is 2.88. The molecule has 26 heavy (non-hydrogen) atoms. The third-order valence-electron chi connectivity index (χ3n) is 4.32. The standard InChI is InChI=1S/C19H21BrN4O2/c1-3-4-5-9-21-18(25)16-10-13(14-11-22-24(2)19(14)26)12-7-6-8-15(20)17(12)23-16/h6-8,10-11,22H,3-5,9H2,1-2H3,(H,21,25). The number of pyridine rings is 1. The summed E-state index contributed by atoms with van der Waals surface area (Å²) < 4.78 is 2.19. The Morgan fingerprint density at radius 1 is 1.31 bits per heavy atom. The molecule has 3 rings (SSSR count). The third-order valence-corrected chi connectivity index (χ3v) is 4.96. The predicted octanol–water partition coefficient (Wildman–Crippen LogP) is 3.61. The molecule has 1 aromatic carbocycles. The van der Waals surface area contributed by atoms with Crippen LogP contribution in [0.2, 0.25) is 0 Å². The topological polar surface area (TPSA) is 79.8 Å². The zero-order valence-corrected chi connectivity index (χ0v) is 16.4. The zero-order chi connectivity index (χ0) is 18.7. The quantitative estimate of drug-likeness (QED) is 0.602. The van der Waals surface area contributed by atoms with Gasteiger partial charge in [0.15, 0.2) is 0 Å². The van der Waals surface area contributed by atoms with Crippen LogP contribution < -0.4 is 10.9 Å². The smallest absolute Gasteiger partial charge is 0.274 e. The average Bonchev–Trinajstić information content (AvgIpc) is 2.97. The van der Waals surface area contributed by atoms with Gasteiger partial charge in [-0.1, -0.05) is 31.9 Å². The summed E-state index contributed by atoms with van der Waals surface area (Å²) in [5.74, 6) is -0.229. The summed E-state index contributed by atoms with van der Waals surface area (Å²) in [4.78, 5) is 29.5. The van der Waals surface area contributed by atoms with Gasteiger partial charge in [0, 0.05) is 35.2 Å². The average molecular weight is 417 g/mol. The van der Waals surface area contributed by atoms with Crippen LogP contribution >= 0.6 is 15.9 Å². The molecule has 0 saturated heterocycles. The number of hydrogen-bond acceptors (Lipinski definition) is 3. The number of carbonyl (C=O) groups excluding carboxylic acids is 1. The van der Waals surface area contributed by atoms with E-state index in [1.165, 1.54) is 4.68 Å². The molecule has 136 valence electrons. The van der Waals surface area contributed by atoms with Crippen LogP contribution in [0.15, 0.2) is 39.7 Å². The third kappa shape index (κ3) is 3.58. The van der Waals surface area contributed by atoms with Crippen LogP contribution in [0, 0.1) is 0 Å². The molecular weight excluding hydrogens is 396 g/mol. The van der Waals surface area contributed by atoms with Crippen molar-refractivity contribution in [3.8, 4) is 11.1 Å². The fourth-order valence-corrected chi connectivity index (χ4v) is 3.33. The zero-order valence-electron chi connectivity index (χ0n) is 14.8. The minimum absolute atomic E-state index is 0.147. The Morgan fingerprint density at radius 3 is 2.81 bits per heavy atom. The second kappa shape index (κ2) is 7.86. The summed E-state index contributed by atoms with van der Waals surface area (Å²) in [5.41, 5.74) is 2.02. The van der Waals surface area contributed by atoms with Gasteiger partial charge in [0.25, 0.3) is 11.5 Å². The molecule has 0 saturated carbocycles. The molecule has 0 radical (unpaired) electrons. The Morgan fingerprint density at radius 2 is 2.12 bits per heavy atom. The maximum absolute atomic E-state index is 12.6. The molecule has 0 aliphatic heterocycles. The lowest BCUT2D eigenvalue weighted by atomic mass is 10.0. The molecule has 0 aliphatic carbocycles. The summed E-state index contributed by atoms with van der Waals surface area (Å²) in [7, 11) is 1.66. The van der Waals surface area contributed by atoms with E-state index in [2.05, 4.69) is 38.3 Å². The van der Waals surface area contributed by atoms with E-state index in [0.29, 0.717) is 28.9 Å². The van der Waals surface area contributed by atoms with Crippen LogP contribution in [0.3, 0.4) is 0 Å². The molecule has 3 aromatic rings. The monoisotopic (exact) mass is 416 g/mol. The van der Waals surface area contributed by atoms with E-state index < -0.39 is 0 Å². The summed E-state index contributed by atoms with van der Waals surface area (Å²) in [6.45, 7) is 2.73. The van der Waals surface area contributed by atoms with E-state index in [1.54, 1.807) is 19.3 Å². The van der Waals surface area contributed by atoms with Crippen LogP contribution in [0.25, 0.3) is 22.0 Å². The molecular formula is C19H21BrN4O2. The van der Waals surface area contributed by atoms with Crippen molar-refractivity contribution in [2.24, 2.45) is 7.05 Å². The number of halogens is 1. The first kappa shape index (κ1) is 18.4. The fraction of sp³-hybridized carbons (Fsp3) is 0.316. The van der Waals surface area contributed by atoms with Crippen molar-refractivity contribution in [2.75, 3.05) is 6.54 Å². The number of fused-ring (bicyclic) bond motifs is 1. The Balaban J connectivity index is 2.08. The maximum atomic E-state index is 12.6. The Bertz CT molecular complexity index is 1010. The second-order valence-corrected chi connectivity index (χ2v) is 7.06. The van der Waals surface area contributed by atoms with E-state index in [4.69, 9.17) is 0 Å². The van der Waals surface area contributed by atoms with E-state index in [0.717, 1.165) is 29.1 Å². The first-order valence-electron chi connectivity index (χ1n) is 8.65. The van der Waals surface area contributed by atoms with Crippen molar-refractivity contribution in [3.63, 3.8) is 0 Å². The lowest BCUT2D eigenvalue weighted by Gasteiger charge is -2.10. The highest BCUT2D eigenvalue weighted by Gasteiger charge is 2.17. The number of H-pyrrole nitrogens is 1. The molecule has 2 heterocycles. The number of aryl methyl sites for hydroxylation is 1. The van der Waals surface area contributed by atoms with E-state index >= 15 is 0 Å². The summed E-state index contributed by atoms with van der Waals surface area (Å²) >= 11 is 3.50. The summed E-state index contributed by atoms with van der Waals surface area (Å²) in [6.07, 6.45) is 4.76. The van der Waals surface area contributed by atoms with Gasteiger partial charge in [-0.15, -0.1) is 0 Å². The number of rotatable bonds is 6. The predicted molar refractivity (Wildman–Crippen MR) is 106 cm³/mol. The van der Waals surface area contributed by atoms with Gasteiger partial charge in [0.1, 0.15) is 5.69 Å². The highest BCUT2D eigenvalue weighted by molar-refractivity contribution is 9.10. The molecule has 0 unspecified atom stereocenters. The van der Waals surface area contributed by atoms with Gasteiger partial charge in [-0.25, -0.2) is 4.98 Å². The van der Waals surface area contributed by atoms with Crippen LogP contribution in [-0.2, 0) is 7.05 Å². The Labute approximate surface area is 159 Å². The van der Waals surface area contributed by atoms with Gasteiger partial charge in [0.05, 0.1) is 11.1 Å². The van der Waals surface area contributed by atoms with E-state index in [1.807, 2.05) is 18.2 Å². The largest absolute Gasteiger partial charge is 0.351 e. The van der Waals surface area contributed by atoms with Gasteiger partial charge in [-0.2, -0.15) is 0 Å². The van der Waals surface area contributed by atoms with Crippen LogP contribution in [0.4, 0.5) is 0 Å². The Kier molecular flexibility index (Phi) is 5.56. The SMILES string of the molecule is CCCCCNC(=O)c1cc(-c2c[nH]n(C)c2=O)c2cccc(Br)c2n1. The van der Waals surface area contributed by atoms with Gasteiger partial charge >= 0.3 is 0 Å². The van der Waals surface area contributed by atoms with Gasteiger partial charge in [-0.3, -0.25) is 14.3 Å². The number of unbranched alkanes of at least 4 members (excludes halogenated alkanes) is 2. The minimum Gasteiger partial charge on any atom is -0.351 e. The molecule has 2 aromatic heterocycles. The molecule has 1 amide bonds. The number of carbonyl (C=O) groups is 1. The second-order valence-electron chi connectivity index (χ2n) is 6.21. The number of hydrogen-bond donors (Lipinski definition) is 2. The molecule has 0 fully saturated rings. The van der Waals surface area contributed by atoms with Gasteiger partial charge < -0.3 is 10.4 Å². The van der Waals surface area contributed by atoms with Crippen LogP contribution in [0.5, 0.6) is 0 Å². The number of para-hydroxylation sites is 1. The van der Waals surface area contributed by atoms with Crippen molar-refractivity contribution < 1.29 is 4.79 Å². The van der Waals surface area contributed by atoms with E-state index in [-0.39, 0.29) is 11.5 Å². The molecule has 0 bridgehead atoms. The number of aromatic nitrogens is 3. The summed E-state index contributed by atoms with van der Waals surface area (Å²) in [5, 5.41) is 6.61. The van der Waals surface area contributed by atoms with Crippen LogP contribution in [0.1, 0.15) is 36.7 Å². The van der Waals surface area contributed by atoms with Crippen molar-refractivity contribution in [1.29, 1.82) is 0 Å². The van der Waals surface area contributed by atoms with Crippen molar-refractivity contribution >= 4 is 32.7 Å². The highest BCUT2D eigenvalue weighted by atomic mass is 79.9. The molecule has 2 N–H and O–H groups in total. The molecule has 0 spiro atoms. The van der Waals surface area contributed by atoms with Gasteiger partial charge in [0.2, 0.25) is 0 Å². The minimum atomic E-state index is -0.229. The summed E-state index contributed by atoms with van der Waals surface area (Å²) in [6, 6.07) is 7.35. The lowest BCUT2D eigenvalue weighted by Crippen LogP contribution is -2.25. The number of aromatic amines is 1. The number of nitrogens with zero attached hydrogens (tertiary/aromatic N) is 2. The lowest BCUT2D eigenvalue weighted by molar-refractivity contribution is 0.0948. The van der Waals surface area contributed by atoms with Crippen molar-refractivity contribution in [2.45, 2.75) is 26.2 Å². The molecule has 6 nitrogen and oxygen atoms in total. The van der Waals surface area contributed by atoms with Gasteiger partial charge in [-0.05, 0) is 34.5 Å². The van der Waals surface area contributed by atoms with Crippen molar-refractivity contribution in [1.82, 2.24) is 20.1 Å². The first-order chi connectivity index (χ1) is 12.5.